The van der Waals surface area contributed by atoms with E-state index in [1.807, 2.05) is 0 Å². The number of amides is 1. The second-order valence-corrected chi connectivity index (χ2v) is 6.34. The van der Waals surface area contributed by atoms with Crippen molar-refractivity contribution in [1.82, 2.24) is 4.90 Å². The average Bonchev–Trinajstić information content (AvgIpc) is 2.97. The molecule has 12 nitrogen and oxygen atoms in total. The lowest BCUT2D eigenvalue weighted by Gasteiger charge is -2.46. The molecule has 0 saturated carbocycles. The highest BCUT2D eigenvalue weighted by molar-refractivity contribution is 5.76. The van der Waals surface area contributed by atoms with E-state index in [0.717, 1.165) is 0 Å². The van der Waals surface area contributed by atoms with Crippen LogP contribution in [0.2, 0.25) is 0 Å². The van der Waals surface area contributed by atoms with Gasteiger partial charge in [0.2, 0.25) is 12.3 Å². The van der Waals surface area contributed by atoms with Crippen molar-refractivity contribution in [3.8, 4) is 0 Å². The average molecular weight is 407 g/mol. The second-order valence-electron chi connectivity index (χ2n) is 6.34. The van der Waals surface area contributed by atoms with Crippen molar-refractivity contribution in [2.45, 2.75) is 70.4 Å². The third-order valence-corrected chi connectivity index (χ3v) is 4.38. The number of carbonyl (C=O) groups excluding carboxylic acids is 1. The minimum atomic E-state index is -1.98. The minimum Gasteiger partial charge on any atom is -0.396 e. The molecule has 0 spiro atoms. The fourth-order valence-electron chi connectivity index (χ4n) is 2.90. The Morgan fingerprint density at radius 2 is 1.93 bits per heavy atom. The van der Waals surface area contributed by atoms with E-state index >= 15 is 0 Å². The monoisotopic (exact) mass is 407 g/mol. The number of hydrogen-bond donors (Lipinski definition) is 5. The zero-order chi connectivity index (χ0) is 21.0. The third-order valence-electron chi connectivity index (χ3n) is 4.38. The van der Waals surface area contributed by atoms with Gasteiger partial charge in [-0.3, -0.25) is 9.69 Å². The Bertz CT molecular complexity index is 701. The molecular formula is C16H25NO11. The van der Waals surface area contributed by atoms with Gasteiger partial charge in [0, 0.05) is 6.42 Å². The molecule has 2 heterocycles. The summed E-state index contributed by atoms with van der Waals surface area (Å²) in [5, 5.41) is 50.1. The Balaban J connectivity index is 2.21. The van der Waals surface area contributed by atoms with Gasteiger partial charge in [0.15, 0.2) is 12.1 Å². The van der Waals surface area contributed by atoms with Crippen LogP contribution in [0.3, 0.4) is 0 Å². The molecular weight excluding hydrogens is 382 g/mol. The summed E-state index contributed by atoms with van der Waals surface area (Å²) in [4.78, 5) is 24.2. The van der Waals surface area contributed by atoms with Crippen molar-refractivity contribution in [3.05, 3.63) is 22.1 Å². The Kier molecular flexibility index (Phi) is 7.71. The summed E-state index contributed by atoms with van der Waals surface area (Å²) in [5.41, 5.74) is 0. The number of aliphatic hydroxyl groups excluding tert-OH is 5. The zero-order valence-corrected chi connectivity index (χ0v) is 15.4. The highest BCUT2D eigenvalue weighted by atomic mass is 16.6. The normalized spacial score (nSPS) is 28.9. The summed E-state index contributed by atoms with van der Waals surface area (Å²) < 4.78 is 19.6. The van der Waals surface area contributed by atoms with E-state index in [1.54, 1.807) is 6.92 Å². The van der Waals surface area contributed by atoms with Crippen LogP contribution in [0, 0.1) is 6.92 Å². The van der Waals surface area contributed by atoms with Gasteiger partial charge < -0.3 is 43.8 Å². The van der Waals surface area contributed by atoms with E-state index < -0.39 is 62.0 Å². The first kappa shape index (κ1) is 22.5. The molecule has 1 aliphatic heterocycles. The molecule has 2 unspecified atom stereocenters. The van der Waals surface area contributed by atoms with Crippen molar-refractivity contribution in [2.75, 3.05) is 6.61 Å². The SMILES string of the molecule is CCCC(=O)N(C(O)OCc1oc(=O)oc1C)[C@H]1C(O)O[C@H](CO)[C@@H](O)[C@@H]1O. The highest BCUT2D eigenvalue weighted by Crippen LogP contribution is 2.26. The number of hydrogen-bond acceptors (Lipinski definition) is 11. The molecule has 12 heteroatoms. The number of nitrogens with zero attached hydrogens (tertiary/aromatic N) is 1. The molecule has 6 atom stereocenters. The maximum absolute atomic E-state index is 12.5. The maximum atomic E-state index is 12.5. The van der Waals surface area contributed by atoms with Crippen LogP contribution in [0.5, 0.6) is 0 Å². The molecule has 0 aromatic carbocycles. The van der Waals surface area contributed by atoms with E-state index in [1.165, 1.54) is 6.92 Å². The summed E-state index contributed by atoms with van der Waals surface area (Å²) >= 11 is 0. The van der Waals surface area contributed by atoms with Crippen LogP contribution in [0.15, 0.2) is 13.6 Å². The predicted octanol–water partition coefficient (Wildman–Crippen LogP) is -2.24. The Hall–Kier alpha value is -1.80. The zero-order valence-electron chi connectivity index (χ0n) is 15.4. The smallest absolute Gasteiger partial charge is 0.396 e. The molecule has 1 aromatic rings. The first-order valence-electron chi connectivity index (χ1n) is 8.72. The van der Waals surface area contributed by atoms with E-state index in [-0.39, 0.29) is 17.9 Å². The number of carbonyl (C=O) groups is 1. The van der Waals surface area contributed by atoms with E-state index in [4.69, 9.17) is 19.0 Å². The van der Waals surface area contributed by atoms with Crippen LogP contribution in [0.1, 0.15) is 31.3 Å². The van der Waals surface area contributed by atoms with Gasteiger partial charge in [0.05, 0.1) is 6.61 Å². The number of rotatable bonds is 8. The molecule has 0 radical (unpaired) electrons. The van der Waals surface area contributed by atoms with Crippen LogP contribution in [-0.4, -0.2) is 80.0 Å². The topological polar surface area (TPSA) is 183 Å². The standard InChI is InChI=1S/C16H25NO11/c1-3-4-10(19)17(11-13(21)12(20)8(5-18)27-14(11)22)15(23)25-6-9-7(2)26-16(24)28-9/h8,11-15,18,20-23H,3-6H2,1-2H3/t8-,11-,12-,13-,14?,15?/m1/s1. The lowest BCUT2D eigenvalue weighted by atomic mass is 9.95. The fourth-order valence-corrected chi connectivity index (χ4v) is 2.90. The lowest BCUT2D eigenvalue weighted by molar-refractivity contribution is -0.302. The van der Waals surface area contributed by atoms with Crippen LogP contribution in [-0.2, 0) is 20.9 Å². The van der Waals surface area contributed by atoms with Crippen molar-refractivity contribution < 1.29 is 48.6 Å². The number of aryl methyl sites for hydroxylation is 1. The minimum absolute atomic E-state index is 0.0201. The molecule has 1 aliphatic rings. The van der Waals surface area contributed by atoms with Crippen LogP contribution in [0.4, 0.5) is 0 Å². The second kappa shape index (κ2) is 9.60. The molecule has 0 aliphatic carbocycles. The predicted molar refractivity (Wildman–Crippen MR) is 88.3 cm³/mol. The molecule has 160 valence electrons. The number of ether oxygens (including phenoxy) is 2. The van der Waals surface area contributed by atoms with Gasteiger partial charge in [-0.1, -0.05) is 6.92 Å². The summed E-state index contributed by atoms with van der Waals surface area (Å²) in [7, 11) is 0. The molecule has 2 rings (SSSR count). The van der Waals surface area contributed by atoms with Gasteiger partial charge in [-0.25, -0.2) is 4.79 Å². The fraction of sp³-hybridized carbons (Fsp3) is 0.750. The van der Waals surface area contributed by atoms with E-state index in [2.05, 4.69) is 4.42 Å². The molecule has 1 amide bonds. The number of aliphatic hydroxyl groups is 5. The first-order valence-corrected chi connectivity index (χ1v) is 8.72. The molecule has 1 aromatic heterocycles. The quantitative estimate of drug-likeness (QED) is 0.294. The van der Waals surface area contributed by atoms with E-state index in [0.29, 0.717) is 11.3 Å². The molecule has 5 N–H and O–H groups in total. The van der Waals surface area contributed by atoms with Crippen molar-refractivity contribution in [1.29, 1.82) is 0 Å². The van der Waals surface area contributed by atoms with Crippen molar-refractivity contribution in [2.24, 2.45) is 0 Å². The van der Waals surface area contributed by atoms with Crippen molar-refractivity contribution >= 4 is 5.91 Å². The Morgan fingerprint density at radius 3 is 2.46 bits per heavy atom. The van der Waals surface area contributed by atoms with Gasteiger partial charge in [-0.2, -0.15) is 0 Å². The first-order chi connectivity index (χ1) is 13.2. The molecule has 1 saturated heterocycles. The summed E-state index contributed by atoms with van der Waals surface area (Å²) in [6, 6.07) is -1.58. The summed E-state index contributed by atoms with van der Waals surface area (Å²) in [6.07, 6.45) is -8.11. The maximum Gasteiger partial charge on any atom is 0.519 e. The molecule has 1 fully saturated rings. The largest absolute Gasteiger partial charge is 0.519 e. The van der Waals surface area contributed by atoms with E-state index in [9.17, 15) is 30.0 Å². The van der Waals surface area contributed by atoms with Gasteiger partial charge in [-0.05, 0) is 13.3 Å². The van der Waals surface area contributed by atoms with Gasteiger partial charge in [0.1, 0.15) is 36.7 Å². The van der Waals surface area contributed by atoms with Crippen molar-refractivity contribution in [3.63, 3.8) is 0 Å². The van der Waals surface area contributed by atoms with Gasteiger partial charge in [-0.15, -0.1) is 0 Å². The third kappa shape index (κ3) is 4.78. The Morgan fingerprint density at radius 1 is 1.25 bits per heavy atom. The summed E-state index contributed by atoms with van der Waals surface area (Å²) in [5.74, 6) is -1.56. The molecule has 28 heavy (non-hydrogen) atoms. The molecule has 0 bridgehead atoms. The van der Waals surface area contributed by atoms with Crippen LogP contribution < -0.4 is 5.82 Å². The lowest BCUT2D eigenvalue weighted by Crippen LogP contribution is -2.67. The Labute approximate surface area is 159 Å². The summed E-state index contributed by atoms with van der Waals surface area (Å²) in [6.45, 7) is 2.01. The van der Waals surface area contributed by atoms with Crippen LogP contribution in [0.25, 0.3) is 0 Å². The van der Waals surface area contributed by atoms with Crippen LogP contribution >= 0.6 is 0 Å². The van der Waals surface area contributed by atoms with Gasteiger partial charge in [0.25, 0.3) is 0 Å². The van der Waals surface area contributed by atoms with Gasteiger partial charge >= 0.3 is 5.82 Å². The highest BCUT2D eigenvalue weighted by Gasteiger charge is 2.49.